The van der Waals surface area contributed by atoms with Crippen LogP contribution in [0, 0.1) is 5.82 Å². The Bertz CT molecular complexity index is 1100. The average molecular weight is 476 g/mol. The maximum atomic E-state index is 13.5. The van der Waals surface area contributed by atoms with Crippen molar-refractivity contribution in [3.63, 3.8) is 0 Å². The lowest BCUT2D eigenvalue weighted by Crippen LogP contribution is -2.49. The largest absolute Gasteiger partial charge is 0.379 e. The fraction of sp³-hybridized carbons (Fsp3) is 0.370. The third-order valence-corrected chi connectivity index (χ3v) is 6.79. The van der Waals surface area contributed by atoms with Crippen LogP contribution in [-0.2, 0) is 11.3 Å². The molecule has 2 fully saturated rings. The quantitative estimate of drug-likeness (QED) is 0.541. The van der Waals surface area contributed by atoms with Gasteiger partial charge in [-0.3, -0.25) is 14.7 Å². The highest BCUT2D eigenvalue weighted by molar-refractivity contribution is 6.05. The number of halogens is 1. The number of hydrogen-bond acceptors (Lipinski definition) is 6. The highest BCUT2D eigenvalue weighted by Crippen LogP contribution is 2.24. The summed E-state index contributed by atoms with van der Waals surface area (Å²) >= 11 is 0. The first kappa shape index (κ1) is 23.4. The standard InChI is InChI=1S/C27H30FN5O2/c28-23-4-6-25(7-5-23)33(27(34)22-2-1-11-29-19-22)20-21-3-8-26(30-18-21)32-12-9-24(10-13-32)31-14-16-35-17-15-31/h1-8,11,18-19,24H,9-10,12-17,20H2. The molecule has 5 rings (SSSR count). The van der Waals surface area contributed by atoms with Crippen molar-refractivity contribution >= 4 is 17.4 Å². The van der Waals surface area contributed by atoms with Crippen molar-refractivity contribution in [2.75, 3.05) is 49.2 Å². The highest BCUT2D eigenvalue weighted by atomic mass is 19.1. The van der Waals surface area contributed by atoms with Crippen molar-refractivity contribution in [2.45, 2.75) is 25.4 Å². The molecule has 2 aliphatic heterocycles. The van der Waals surface area contributed by atoms with E-state index in [1.165, 1.54) is 12.1 Å². The molecule has 8 heteroatoms. The van der Waals surface area contributed by atoms with Crippen molar-refractivity contribution in [1.82, 2.24) is 14.9 Å². The zero-order valence-corrected chi connectivity index (χ0v) is 19.7. The average Bonchev–Trinajstić information content (AvgIpc) is 2.93. The van der Waals surface area contributed by atoms with Gasteiger partial charge in [-0.1, -0.05) is 6.07 Å². The van der Waals surface area contributed by atoms with Gasteiger partial charge in [-0.2, -0.15) is 0 Å². The molecule has 0 atom stereocenters. The van der Waals surface area contributed by atoms with Gasteiger partial charge in [-0.25, -0.2) is 9.37 Å². The van der Waals surface area contributed by atoms with E-state index in [2.05, 4.69) is 14.8 Å². The van der Waals surface area contributed by atoms with Crippen LogP contribution in [0.15, 0.2) is 67.1 Å². The van der Waals surface area contributed by atoms with Crippen LogP contribution in [0.5, 0.6) is 0 Å². The summed E-state index contributed by atoms with van der Waals surface area (Å²) in [5.41, 5.74) is 2.00. The van der Waals surface area contributed by atoms with Gasteiger partial charge < -0.3 is 14.5 Å². The van der Waals surface area contributed by atoms with E-state index in [9.17, 15) is 9.18 Å². The topological polar surface area (TPSA) is 61.8 Å². The molecule has 0 N–H and O–H groups in total. The van der Waals surface area contributed by atoms with Gasteiger partial charge in [-0.15, -0.1) is 0 Å². The number of nitrogens with zero attached hydrogens (tertiary/aromatic N) is 5. The van der Waals surface area contributed by atoms with Gasteiger partial charge in [0.05, 0.1) is 25.3 Å². The Morgan fingerprint density at radius 1 is 1.00 bits per heavy atom. The van der Waals surface area contributed by atoms with Gasteiger partial charge in [0.1, 0.15) is 11.6 Å². The van der Waals surface area contributed by atoms with Crippen LogP contribution >= 0.6 is 0 Å². The van der Waals surface area contributed by atoms with Crippen molar-refractivity contribution < 1.29 is 13.9 Å². The summed E-state index contributed by atoms with van der Waals surface area (Å²) < 4.78 is 19.0. The number of piperidine rings is 1. The number of hydrogen-bond donors (Lipinski definition) is 0. The summed E-state index contributed by atoms with van der Waals surface area (Å²) in [4.78, 5) is 28.6. The Labute approximate surface area is 205 Å². The van der Waals surface area contributed by atoms with Gasteiger partial charge in [-0.05, 0) is 60.9 Å². The fourth-order valence-electron chi connectivity index (χ4n) is 4.83. The maximum Gasteiger partial charge on any atom is 0.260 e. The van der Waals surface area contributed by atoms with Gasteiger partial charge in [0, 0.05) is 56.5 Å². The number of aromatic nitrogens is 2. The molecule has 182 valence electrons. The van der Waals surface area contributed by atoms with Crippen molar-refractivity contribution in [3.8, 4) is 0 Å². The second-order valence-electron chi connectivity index (χ2n) is 9.00. The molecule has 2 saturated heterocycles. The minimum atomic E-state index is -0.342. The summed E-state index contributed by atoms with van der Waals surface area (Å²) in [6, 6.07) is 14.1. The van der Waals surface area contributed by atoms with Crippen LogP contribution in [0.1, 0.15) is 28.8 Å². The summed E-state index contributed by atoms with van der Waals surface area (Å²) in [6.45, 7) is 6.01. The van der Waals surface area contributed by atoms with Gasteiger partial charge in [0.2, 0.25) is 0 Å². The minimum absolute atomic E-state index is 0.195. The summed E-state index contributed by atoms with van der Waals surface area (Å²) in [5.74, 6) is 0.422. The lowest BCUT2D eigenvalue weighted by Gasteiger charge is -2.40. The minimum Gasteiger partial charge on any atom is -0.379 e. The molecule has 0 unspecified atom stereocenters. The molecule has 0 bridgehead atoms. The second-order valence-corrected chi connectivity index (χ2v) is 9.00. The molecule has 0 aliphatic carbocycles. The number of pyridine rings is 2. The van der Waals surface area contributed by atoms with Gasteiger partial charge >= 0.3 is 0 Å². The zero-order valence-electron chi connectivity index (χ0n) is 19.7. The van der Waals surface area contributed by atoms with Crippen LogP contribution in [-0.4, -0.2) is 66.2 Å². The monoisotopic (exact) mass is 475 g/mol. The van der Waals surface area contributed by atoms with E-state index in [1.54, 1.807) is 41.6 Å². The van der Waals surface area contributed by atoms with Crippen molar-refractivity contribution in [2.24, 2.45) is 0 Å². The maximum absolute atomic E-state index is 13.5. The third kappa shape index (κ3) is 5.66. The number of carbonyl (C=O) groups is 1. The number of morpholine rings is 1. The Morgan fingerprint density at radius 3 is 2.43 bits per heavy atom. The molecule has 0 saturated carbocycles. The van der Waals surface area contributed by atoms with E-state index in [0.29, 0.717) is 23.8 Å². The lowest BCUT2D eigenvalue weighted by atomic mass is 10.0. The third-order valence-electron chi connectivity index (χ3n) is 6.79. The Kier molecular flexibility index (Phi) is 7.30. The number of carbonyl (C=O) groups excluding carboxylic acids is 1. The van der Waals surface area contributed by atoms with E-state index < -0.39 is 0 Å². The highest BCUT2D eigenvalue weighted by Gasteiger charge is 2.26. The number of rotatable bonds is 6. The molecule has 0 spiro atoms. The molecular formula is C27H30FN5O2. The van der Waals surface area contributed by atoms with E-state index in [4.69, 9.17) is 9.72 Å². The van der Waals surface area contributed by atoms with Crippen LogP contribution in [0.3, 0.4) is 0 Å². The SMILES string of the molecule is O=C(c1cccnc1)N(Cc1ccc(N2CCC(N3CCOCC3)CC2)nc1)c1ccc(F)cc1. The second kappa shape index (κ2) is 10.9. The van der Waals surface area contributed by atoms with E-state index in [0.717, 1.165) is 63.6 Å². The normalized spacial score (nSPS) is 17.3. The molecule has 2 aromatic heterocycles. The molecule has 1 amide bonds. The lowest BCUT2D eigenvalue weighted by molar-refractivity contribution is 0.0115. The Balaban J connectivity index is 1.26. The Morgan fingerprint density at radius 2 is 1.77 bits per heavy atom. The Hall–Kier alpha value is -3.36. The number of benzene rings is 1. The van der Waals surface area contributed by atoms with E-state index in [-0.39, 0.29) is 11.7 Å². The summed E-state index contributed by atoms with van der Waals surface area (Å²) in [5, 5.41) is 0. The van der Waals surface area contributed by atoms with Crippen LogP contribution < -0.4 is 9.80 Å². The number of anilines is 2. The first-order chi connectivity index (χ1) is 17.2. The van der Waals surface area contributed by atoms with Crippen LogP contribution in [0.2, 0.25) is 0 Å². The predicted octanol–water partition coefficient (Wildman–Crippen LogP) is 3.76. The van der Waals surface area contributed by atoms with Crippen molar-refractivity contribution in [3.05, 3.63) is 84.1 Å². The molecule has 3 aromatic rings. The molecular weight excluding hydrogens is 445 g/mol. The first-order valence-electron chi connectivity index (χ1n) is 12.2. The van der Waals surface area contributed by atoms with Crippen molar-refractivity contribution in [1.29, 1.82) is 0 Å². The van der Waals surface area contributed by atoms with E-state index in [1.807, 2.05) is 18.3 Å². The predicted molar refractivity (Wildman–Crippen MR) is 133 cm³/mol. The molecule has 0 radical (unpaired) electrons. The molecule has 7 nitrogen and oxygen atoms in total. The van der Waals surface area contributed by atoms with E-state index >= 15 is 0 Å². The first-order valence-corrected chi connectivity index (χ1v) is 12.2. The van der Waals surface area contributed by atoms with Crippen LogP contribution in [0.4, 0.5) is 15.9 Å². The summed E-state index contributed by atoms with van der Waals surface area (Å²) in [7, 11) is 0. The zero-order chi connectivity index (χ0) is 24.0. The van der Waals surface area contributed by atoms with Gasteiger partial charge in [0.25, 0.3) is 5.91 Å². The van der Waals surface area contributed by atoms with Crippen LogP contribution in [0.25, 0.3) is 0 Å². The summed E-state index contributed by atoms with van der Waals surface area (Å²) in [6.07, 6.45) is 7.26. The van der Waals surface area contributed by atoms with Gasteiger partial charge in [0.15, 0.2) is 0 Å². The molecule has 2 aliphatic rings. The molecule has 35 heavy (non-hydrogen) atoms. The molecule has 4 heterocycles. The number of ether oxygens (including phenoxy) is 1. The fourth-order valence-corrected chi connectivity index (χ4v) is 4.83. The smallest absolute Gasteiger partial charge is 0.260 e. The number of amides is 1. The molecule has 1 aromatic carbocycles.